The number of rotatable bonds is 4. The van der Waals surface area contributed by atoms with Crippen molar-refractivity contribution in [3.05, 3.63) is 34.9 Å². The van der Waals surface area contributed by atoms with Crippen molar-refractivity contribution in [3.63, 3.8) is 0 Å². The molecule has 2 aliphatic carbocycles. The molecule has 0 N–H and O–H groups in total. The van der Waals surface area contributed by atoms with E-state index in [1.165, 1.54) is 0 Å². The van der Waals surface area contributed by atoms with Crippen LogP contribution in [0.1, 0.15) is 71.3 Å². The molecular weight excluding hydrogens is 386 g/mol. The van der Waals surface area contributed by atoms with E-state index in [1.807, 2.05) is 29.2 Å². The van der Waals surface area contributed by atoms with Gasteiger partial charge in [-0.25, -0.2) is 0 Å². The molecule has 1 aliphatic heterocycles. The normalized spacial score (nSPS) is 29.7. The second-order valence-corrected chi connectivity index (χ2v) is 11.0. The summed E-state index contributed by atoms with van der Waals surface area (Å²) in [7, 11) is 0. The van der Waals surface area contributed by atoms with Crippen molar-refractivity contribution in [3.8, 4) is 0 Å². The number of likely N-dealkylation sites (tertiary alicyclic amines) is 1. The molecule has 2 bridgehead atoms. The topological polar surface area (TPSA) is 46.6 Å². The largest absolute Gasteiger partial charge is 0.455 e. The molecule has 4 rings (SSSR count). The molecule has 1 aromatic rings. The average Bonchev–Trinajstić information content (AvgIpc) is 3.22. The second kappa shape index (κ2) is 7.30. The predicted molar refractivity (Wildman–Crippen MR) is 114 cm³/mol. The molecule has 2 saturated carbocycles. The Labute approximate surface area is 178 Å². The van der Waals surface area contributed by atoms with Gasteiger partial charge >= 0.3 is 5.97 Å². The Kier molecular flexibility index (Phi) is 5.21. The molecule has 2 atom stereocenters. The highest BCUT2D eigenvalue weighted by Gasteiger charge is 2.51. The standard InChI is InChI=1S/C24H32ClNO3/c1-22(2)12-19-13-23(3,15-22)16-26(19)20(27)14-29-21(28)24(10-4-5-11-24)17-6-8-18(25)9-7-17/h6-9,19H,4-5,10-16H2,1-3H3. The summed E-state index contributed by atoms with van der Waals surface area (Å²) in [6, 6.07) is 7.75. The van der Waals surface area contributed by atoms with Crippen molar-refractivity contribution in [1.29, 1.82) is 0 Å². The van der Waals surface area contributed by atoms with E-state index in [0.717, 1.165) is 57.1 Å². The van der Waals surface area contributed by atoms with E-state index in [9.17, 15) is 9.59 Å². The van der Waals surface area contributed by atoms with Gasteiger partial charge in [-0.05, 0) is 60.6 Å². The van der Waals surface area contributed by atoms with Crippen LogP contribution >= 0.6 is 11.6 Å². The number of amides is 1. The van der Waals surface area contributed by atoms with E-state index in [1.54, 1.807) is 0 Å². The lowest BCUT2D eigenvalue weighted by molar-refractivity contribution is -0.157. The SMILES string of the molecule is CC1(C)CC2CC(C)(CN2C(=O)COC(=O)C2(c3ccc(Cl)cc3)CCCC2)C1. The van der Waals surface area contributed by atoms with Crippen LogP contribution in [0.3, 0.4) is 0 Å². The number of nitrogens with zero attached hydrogens (tertiary/aromatic N) is 1. The van der Waals surface area contributed by atoms with Gasteiger partial charge in [0, 0.05) is 17.6 Å². The van der Waals surface area contributed by atoms with Crippen molar-refractivity contribution in [2.24, 2.45) is 10.8 Å². The number of esters is 1. The molecule has 5 heteroatoms. The first-order valence-corrected chi connectivity index (χ1v) is 11.2. The Morgan fingerprint density at radius 2 is 1.76 bits per heavy atom. The first-order chi connectivity index (χ1) is 13.6. The zero-order chi connectivity index (χ0) is 20.9. The summed E-state index contributed by atoms with van der Waals surface area (Å²) in [5.41, 5.74) is 0.747. The third kappa shape index (κ3) is 3.93. The predicted octanol–water partition coefficient (Wildman–Crippen LogP) is 5.12. The minimum Gasteiger partial charge on any atom is -0.455 e. The maximum atomic E-state index is 13.1. The zero-order valence-electron chi connectivity index (χ0n) is 17.8. The minimum atomic E-state index is -0.639. The van der Waals surface area contributed by atoms with Crippen LogP contribution in [-0.4, -0.2) is 36.0 Å². The molecule has 4 nitrogen and oxygen atoms in total. The van der Waals surface area contributed by atoms with Crippen LogP contribution in [0.2, 0.25) is 5.02 Å². The van der Waals surface area contributed by atoms with E-state index in [4.69, 9.17) is 16.3 Å². The third-order valence-electron chi connectivity index (χ3n) is 7.31. The number of ether oxygens (including phenoxy) is 1. The minimum absolute atomic E-state index is 0.0472. The van der Waals surface area contributed by atoms with Crippen LogP contribution in [0.25, 0.3) is 0 Å². The molecular formula is C24H32ClNO3. The lowest BCUT2D eigenvalue weighted by Gasteiger charge is -2.39. The highest BCUT2D eigenvalue weighted by molar-refractivity contribution is 6.30. The number of carbonyl (C=O) groups is 2. The summed E-state index contributed by atoms with van der Waals surface area (Å²) in [5.74, 6) is -0.312. The Balaban J connectivity index is 1.44. The molecule has 0 radical (unpaired) electrons. The van der Waals surface area contributed by atoms with Gasteiger partial charge in [-0.1, -0.05) is 57.3 Å². The van der Waals surface area contributed by atoms with Crippen molar-refractivity contribution >= 4 is 23.5 Å². The Morgan fingerprint density at radius 3 is 2.41 bits per heavy atom. The van der Waals surface area contributed by atoms with Crippen LogP contribution in [-0.2, 0) is 19.7 Å². The van der Waals surface area contributed by atoms with E-state index in [0.29, 0.717) is 5.02 Å². The van der Waals surface area contributed by atoms with Crippen molar-refractivity contribution in [1.82, 2.24) is 4.90 Å². The van der Waals surface area contributed by atoms with E-state index in [2.05, 4.69) is 20.8 Å². The summed E-state index contributed by atoms with van der Waals surface area (Å²) in [6.45, 7) is 7.50. The van der Waals surface area contributed by atoms with Crippen LogP contribution in [0.4, 0.5) is 0 Å². The van der Waals surface area contributed by atoms with Crippen molar-refractivity contribution in [2.75, 3.05) is 13.2 Å². The highest BCUT2D eigenvalue weighted by Crippen LogP contribution is 2.52. The van der Waals surface area contributed by atoms with Gasteiger partial charge in [-0.15, -0.1) is 0 Å². The van der Waals surface area contributed by atoms with Gasteiger partial charge in [0.2, 0.25) is 0 Å². The molecule has 0 aromatic heterocycles. The van der Waals surface area contributed by atoms with E-state index < -0.39 is 5.41 Å². The van der Waals surface area contributed by atoms with E-state index in [-0.39, 0.29) is 35.4 Å². The van der Waals surface area contributed by atoms with Gasteiger partial charge in [0.05, 0.1) is 5.41 Å². The smallest absolute Gasteiger partial charge is 0.317 e. The molecule has 1 saturated heterocycles. The molecule has 1 amide bonds. The van der Waals surface area contributed by atoms with E-state index >= 15 is 0 Å². The maximum absolute atomic E-state index is 13.1. The third-order valence-corrected chi connectivity index (χ3v) is 7.56. The highest BCUT2D eigenvalue weighted by atomic mass is 35.5. The molecule has 3 aliphatic rings. The first kappa shape index (κ1) is 20.7. The molecule has 158 valence electrons. The zero-order valence-corrected chi connectivity index (χ0v) is 18.6. The fourth-order valence-corrected chi connectivity index (χ4v) is 6.58. The monoisotopic (exact) mass is 417 g/mol. The van der Waals surface area contributed by atoms with Crippen LogP contribution in [0.15, 0.2) is 24.3 Å². The fraction of sp³-hybridized carbons (Fsp3) is 0.667. The number of carbonyl (C=O) groups excluding carboxylic acids is 2. The summed E-state index contributed by atoms with van der Waals surface area (Å²) >= 11 is 6.03. The molecule has 29 heavy (non-hydrogen) atoms. The Morgan fingerprint density at radius 1 is 1.10 bits per heavy atom. The summed E-state index contributed by atoms with van der Waals surface area (Å²) in [4.78, 5) is 28.1. The number of halogens is 1. The average molecular weight is 418 g/mol. The van der Waals surface area contributed by atoms with Gasteiger partial charge in [0.15, 0.2) is 6.61 Å². The molecule has 2 unspecified atom stereocenters. The molecule has 1 heterocycles. The Bertz CT molecular complexity index is 797. The number of benzene rings is 1. The quantitative estimate of drug-likeness (QED) is 0.638. The Hall–Kier alpha value is -1.55. The lowest BCUT2D eigenvalue weighted by Crippen LogP contribution is -2.42. The maximum Gasteiger partial charge on any atom is 0.317 e. The van der Waals surface area contributed by atoms with Gasteiger partial charge in [-0.3, -0.25) is 9.59 Å². The van der Waals surface area contributed by atoms with Crippen LogP contribution < -0.4 is 0 Å². The summed E-state index contributed by atoms with van der Waals surface area (Å²) in [5, 5.41) is 0.655. The number of hydrogen-bond donors (Lipinski definition) is 0. The first-order valence-electron chi connectivity index (χ1n) is 10.9. The number of fused-ring (bicyclic) bond motifs is 2. The molecule has 1 aromatic carbocycles. The van der Waals surface area contributed by atoms with Gasteiger partial charge < -0.3 is 9.64 Å². The van der Waals surface area contributed by atoms with Gasteiger partial charge in [0.1, 0.15) is 0 Å². The van der Waals surface area contributed by atoms with Gasteiger partial charge in [-0.2, -0.15) is 0 Å². The molecule has 0 spiro atoms. The number of hydrogen-bond acceptors (Lipinski definition) is 3. The molecule has 3 fully saturated rings. The summed E-state index contributed by atoms with van der Waals surface area (Å²) in [6.07, 6.45) is 6.74. The summed E-state index contributed by atoms with van der Waals surface area (Å²) < 4.78 is 5.66. The second-order valence-electron chi connectivity index (χ2n) is 10.6. The van der Waals surface area contributed by atoms with Crippen molar-refractivity contribution < 1.29 is 14.3 Å². The van der Waals surface area contributed by atoms with Crippen LogP contribution in [0, 0.1) is 10.8 Å². The van der Waals surface area contributed by atoms with Crippen LogP contribution in [0.5, 0.6) is 0 Å². The van der Waals surface area contributed by atoms with Crippen molar-refractivity contribution in [2.45, 2.75) is 77.2 Å². The van der Waals surface area contributed by atoms with Gasteiger partial charge in [0.25, 0.3) is 5.91 Å². The fourth-order valence-electron chi connectivity index (χ4n) is 6.46. The lowest BCUT2D eigenvalue weighted by atomic mass is 9.65.